The first-order chi connectivity index (χ1) is 18.2. The molecule has 1 amide bonds. The van der Waals surface area contributed by atoms with Gasteiger partial charge in [-0.2, -0.15) is 13.2 Å². The summed E-state index contributed by atoms with van der Waals surface area (Å²) in [5.74, 6) is 0.276. The largest absolute Gasteiger partial charge is 0.457 e. The fourth-order valence-electron chi connectivity index (χ4n) is 4.14. The topological polar surface area (TPSA) is 90.3 Å². The highest BCUT2D eigenvalue weighted by Crippen LogP contribution is 2.34. The lowest BCUT2D eigenvalue weighted by Crippen LogP contribution is -2.28. The van der Waals surface area contributed by atoms with Crippen LogP contribution in [0.2, 0.25) is 0 Å². The zero-order chi connectivity index (χ0) is 26.9. The van der Waals surface area contributed by atoms with Gasteiger partial charge in [-0.15, -0.1) is 0 Å². The second-order valence-electron chi connectivity index (χ2n) is 8.82. The number of hydrogen-bond donors (Lipinski definition) is 2. The van der Waals surface area contributed by atoms with E-state index in [9.17, 15) is 22.4 Å². The molecule has 0 aliphatic carbocycles. The van der Waals surface area contributed by atoms with Gasteiger partial charge in [0.15, 0.2) is 0 Å². The number of rotatable bonds is 6. The highest BCUT2D eigenvalue weighted by Gasteiger charge is 2.31. The maximum atomic E-state index is 14.2. The third-order valence-electron chi connectivity index (χ3n) is 6.20. The molecule has 38 heavy (non-hydrogen) atoms. The lowest BCUT2D eigenvalue weighted by molar-refractivity contribution is -0.137. The number of nitrogens with zero attached hydrogens (tertiary/aromatic N) is 3. The van der Waals surface area contributed by atoms with E-state index >= 15 is 0 Å². The molecule has 1 aliphatic rings. The molecule has 5 rings (SSSR count). The minimum atomic E-state index is -4.61. The van der Waals surface area contributed by atoms with E-state index in [1.165, 1.54) is 6.20 Å². The van der Waals surface area contributed by atoms with Gasteiger partial charge in [0.2, 0.25) is 11.9 Å². The molecule has 2 N–H and O–H groups in total. The van der Waals surface area contributed by atoms with E-state index in [1.54, 1.807) is 41.9 Å². The van der Waals surface area contributed by atoms with Crippen molar-refractivity contribution in [2.75, 3.05) is 23.8 Å². The van der Waals surface area contributed by atoms with Gasteiger partial charge >= 0.3 is 6.18 Å². The monoisotopic (exact) mass is 529 g/mol. The predicted molar refractivity (Wildman–Crippen MR) is 132 cm³/mol. The normalized spacial score (nSPS) is 14.4. The molecule has 1 fully saturated rings. The van der Waals surface area contributed by atoms with Gasteiger partial charge in [0.05, 0.1) is 22.3 Å². The van der Waals surface area contributed by atoms with Crippen molar-refractivity contribution < 1.29 is 31.8 Å². The van der Waals surface area contributed by atoms with Crippen molar-refractivity contribution in [2.45, 2.75) is 19.0 Å². The summed E-state index contributed by atoms with van der Waals surface area (Å²) in [6, 6.07) is 10.4. The quantitative estimate of drug-likeness (QED) is 0.297. The number of carbonyl (C=O) groups is 1. The Hall–Kier alpha value is -4.19. The van der Waals surface area contributed by atoms with Crippen LogP contribution in [0.5, 0.6) is 11.5 Å². The van der Waals surface area contributed by atoms with Crippen LogP contribution in [0.15, 0.2) is 54.7 Å². The number of pyridine rings is 1. The van der Waals surface area contributed by atoms with Gasteiger partial charge in [-0.05, 0) is 49.2 Å². The summed E-state index contributed by atoms with van der Waals surface area (Å²) >= 11 is 0. The van der Waals surface area contributed by atoms with Crippen molar-refractivity contribution in [3.05, 3.63) is 66.1 Å². The van der Waals surface area contributed by atoms with Gasteiger partial charge in [-0.1, -0.05) is 0 Å². The third kappa shape index (κ3) is 5.54. The van der Waals surface area contributed by atoms with Gasteiger partial charge in [-0.25, -0.2) is 14.4 Å². The minimum absolute atomic E-state index is 0.120. The Balaban J connectivity index is 1.33. The summed E-state index contributed by atoms with van der Waals surface area (Å²) in [6.45, 7) is 1.10. The van der Waals surface area contributed by atoms with E-state index in [2.05, 4.69) is 20.6 Å². The van der Waals surface area contributed by atoms with Crippen molar-refractivity contribution in [1.29, 1.82) is 0 Å². The molecule has 1 aliphatic heterocycles. The van der Waals surface area contributed by atoms with Gasteiger partial charge in [0.1, 0.15) is 23.1 Å². The molecule has 0 radical (unpaired) electrons. The van der Waals surface area contributed by atoms with Gasteiger partial charge < -0.3 is 24.7 Å². The summed E-state index contributed by atoms with van der Waals surface area (Å²) in [7, 11) is 1.65. The molecule has 0 spiro atoms. The van der Waals surface area contributed by atoms with Gasteiger partial charge in [-0.3, -0.25) is 4.79 Å². The van der Waals surface area contributed by atoms with Crippen molar-refractivity contribution in [2.24, 2.45) is 13.0 Å². The molecule has 3 heterocycles. The first kappa shape index (κ1) is 25.5. The van der Waals surface area contributed by atoms with Crippen LogP contribution in [0.1, 0.15) is 18.4 Å². The first-order valence-electron chi connectivity index (χ1n) is 11.8. The molecule has 2 aromatic carbocycles. The highest BCUT2D eigenvalue weighted by molar-refractivity contribution is 5.91. The summed E-state index contributed by atoms with van der Waals surface area (Å²) in [4.78, 5) is 21.1. The minimum Gasteiger partial charge on any atom is -0.457 e. The average molecular weight is 529 g/mol. The molecule has 8 nitrogen and oxygen atoms in total. The number of benzene rings is 2. The van der Waals surface area contributed by atoms with Crippen LogP contribution in [-0.2, 0) is 22.8 Å². The van der Waals surface area contributed by atoms with Gasteiger partial charge in [0, 0.05) is 44.5 Å². The van der Waals surface area contributed by atoms with E-state index in [0.717, 1.165) is 6.07 Å². The van der Waals surface area contributed by atoms with Crippen LogP contribution in [0.3, 0.4) is 0 Å². The van der Waals surface area contributed by atoms with Crippen molar-refractivity contribution in [3.63, 3.8) is 0 Å². The summed E-state index contributed by atoms with van der Waals surface area (Å²) in [5, 5.41) is 5.45. The van der Waals surface area contributed by atoms with Crippen molar-refractivity contribution in [3.8, 4) is 11.5 Å². The van der Waals surface area contributed by atoms with Crippen LogP contribution in [0.25, 0.3) is 11.0 Å². The number of hydrogen-bond acceptors (Lipinski definition) is 6. The molecule has 0 atom stereocenters. The molecular weight excluding hydrogens is 506 g/mol. The number of ether oxygens (including phenoxy) is 2. The third-order valence-corrected chi connectivity index (χ3v) is 6.20. The molecule has 1 saturated heterocycles. The highest BCUT2D eigenvalue weighted by atomic mass is 19.4. The lowest BCUT2D eigenvalue weighted by atomic mass is 9.99. The van der Waals surface area contributed by atoms with Crippen LogP contribution in [0, 0.1) is 11.7 Å². The van der Waals surface area contributed by atoms with Gasteiger partial charge in [0.25, 0.3) is 0 Å². The Bertz CT molecular complexity index is 1480. The molecule has 4 aromatic rings. The zero-order valence-corrected chi connectivity index (χ0v) is 20.2. The van der Waals surface area contributed by atoms with Crippen LogP contribution in [-0.4, -0.2) is 33.7 Å². The predicted octanol–water partition coefficient (Wildman–Crippen LogP) is 6.03. The molecule has 0 saturated carbocycles. The van der Waals surface area contributed by atoms with Crippen LogP contribution < -0.4 is 15.4 Å². The summed E-state index contributed by atoms with van der Waals surface area (Å²) in [6.07, 6.45) is -1.78. The Kier molecular flexibility index (Phi) is 6.89. The number of aryl methyl sites for hydroxylation is 1. The maximum Gasteiger partial charge on any atom is 0.416 e. The molecule has 198 valence electrons. The van der Waals surface area contributed by atoms with E-state index < -0.39 is 17.6 Å². The molecule has 2 aromatic heterocycles. The number of nitrogens with one attached hydrogen (secondary N) is 2. The number of amides is 1. The second-order valence-corrected chi connectivity index (χ2v) is 8.82. The number of halogens is 4. The number of aromatic nitrogens is 3. The van der Waals surface area contributed by atoms with Crippen LogP contribution in [0.4, 0.5) is 35.0 Å². The number of imidazole rings is 1. The Labute approximate surface area is 214 Å². The van der Waals surface area contributed by atoms with E-state index in [0.29, 0.717) is 66.5 Å². The summed E-state index contributed by atoms with van der Waals surface area (Å²) < 4.78 is 66.2. The fraction of sp³-hybridized carbons (Fsp3) is 0.269. The average Bonchev–Trinajstić information content (AvgIpc) is 3.19. The van der Waals surface area contributed by atoms with Crippen molar-refractivity contribution >= 4 is 34.4 Å². The van der Waals surface area contributed by atoms with Crippen LogP contribution >= 0.6 is 0 Å². The molecule has 12 heteroatoms. The lowest BCUT2D eigenvalue weighted by Gasteiger charge is -2.21. The smallest absolute Gasteiger partial charge is 0.416 e. The summed E-state index contributed by atoms with van der Waals surface area (Å²) in [5.41, 5.74) is -0.202. The van der Waals surface area contributed by atoms with E-state index in [-0.39, 0.29) is 23.5 Å². The SMILES string of the molecule is Cn1c(Nc2cc(C(F)(F)F)ccc2F)nc2cc(Oc3ccnc(NC(=O)C4CCOCC4)c3)ccc21. The number of alkyl halides is 3. The Morgan fingerprint density at radius 3 is 2.61 bits per heavy atom. The molecular formula is C26H23F4N5O3. The Morgan fingerprint density at radius 2 is 1.84 bits per heavy atom. The molecule has 0 bridgehead atoms. The number of fused-ring (bicyclic) bond motifs is 1. The first-order valence-corrected chi connectivity index (χ1v) is 11.8. The standard InChI is InChI=1S/C26H23F4N5O3/c1-35-22-5-3-17(38-18-6-9-31-23(14-18)34-24(36)15-7-10-37-11-8-15)13-21(22)33-25(35)32-20-12-16(26(28,29)30)2-4-19(20)27/h2-6,9,12-15H,7-8,10-11H2,1H3,(H,32,33)(H,31,34,36). The Morgan fingerprint density at radius 1 is 1.08 bits per heavy atom. The van der Waals surface area contributed by atoms with E-state index in [1.807, 2.05) is 0 Å². The maximum absolute atomic E-state index is 14.2. The number of carbonyl (C=O) groups excluding carboxylic acids is 1. The molecule has 0 unspecified atom stereocenters. The fourth-order valence-corrected chi connectivity index (χ4v) is 4.14. The van der Waals surface area contributed by atoms with Crippen molar-refractivity contribution in [1.82, 2.24) is 14.5 Å². The zero-order valence-electron chi connectivity index (χ0n) is 20.2. The number of anilines is 3. The van der Waals surface area contributed by atoms with E-state index in [4.69, 9.17) is 9.47 Å². The second kappa shape index (κ2) is 10.3.